The van der Waals surface area contributed by atoms with Crippen LogP contribution in [0.1, 0.15) is 374 Å². The molecule has 17 nitrogen and oxygen atoms in total. The van der Waals surface area contributed by atoms with Crippen molar-refractivity contribution in [1.29, 1.82) is 0 Å². The van der Waals surface area contributed by atoms with Gasteiger partial charge in [-0.1, -0.05) is 318 Å². The number of esters is 4. The van der Waals surface area contributed by atoms with Gasteiger partial charge in [0.1, 0.15) is 19.3 Å². The molecule has 0 amide bonds. The molecule has 0 rings (SSSR count). The van der Waals surface area contributed by atoms with Crippen LogP contribution in [-0.2, 0) is 65.4 Å². The Bertz CT molecular complexity index is 2300. The van der Waals surface area contributed by atoms with Gasteiger partial charge >= 0.3 is 39.5 Å². The lowest BCUT2D eigenvalue weighted by molar-refractivity contribution is -0.161. The first-order valence-electron chi connectivity index (χ1n) is 41.8. The molecule has 0 fully saturated rings. The van der Waals surface area contributed by atoms with Gasteiger partial charge in [-0.2, -0.15) is 0 Å². The summed E-state index contributed by atoms with van der Waals surface area (Å²) in [6.07, 6.45) is 81.3. The minimum absolute atomic E-state index is 0.0273. The number of rotatable bonds is 79. The summed E-state index contributed by atoms with van der Waals surface area (Å²) < 4.78 is 68.6. The number of aliphatic hydroxyl groups is 1. The number of aliphatic hydroxyl groups excluding tert-OH is 1. The summed E-state index contributed by atoms with van der Waals surface area (Å²) in [6, 6.07) is 0. The van der Waals surface area contributed by atoms with Crippen LogP contribution < -0.4 is 0 Å². The summed E-state index contributed by atoms with van der Waals surface area (Å²) in [5, 5.41) is 10.7. The van der Waals surface area contributed by atoms with Crippen molar-refractivity contribution in [2.24, 2.45) is 0 Å². The van der Waals surface area contributed by atoms with Crippen LogP contribution in [0.3, 0.4) is 0 Å². The van der Waals surface area contributed by atoms with Crippen LogP contribution >= 0.6 is 15.6 Å². The van der Waals surface area contributed by atoms with E-state index >= 15 is 0 Å². The highest BCUT2D eigenvalue weighted by molar-refractivity contribution is 7.47. The highest BCUT2D eigenvalue weighted by Gasteiger charge is 2.30. The Morgan fingerprint density at radius 2 is 0.490 bits per heavy atom. The number of carbonyl (C=O) groups is 4. The van der Waals surface area contributed by atoms with Gasteiger partial charge in [-0.05, 0) is 116 Å². The monoisotopic (exact) mass is 1510 g/mol. The van der Waals surface area contributed by atoms with Crippen molar-refractivity contribution in [3.63, 3.8) is 0 Å². The van der Waals surface area contributed by atoms with E-state index in [0.29, 0.717) is 32.1 Å². The molecule has 604 valence electrons. The predicted molar refractivity (Wildman–Crippen MR) is 427 cm³/mol. The molecule has 0 aliphatic rings. The fourth-order valence-corrected chi connectivity index (χ4v) is 13.0. The van der Waals surface area contributed by atoms with Crippen molar-refractivity contribution in [2.45, 2.75) is 393 Å². The maximum absolute atomic E-state index is 13.1. The second kappa shape index (κ2) is 77.4. The Morgan fingerprint density at radius 3 is 0.817 bits per heavy atom. The van der Waals surface area contributed by atoms with E-state index in [-0.39, 0.29) is 25.7 Å². The molecule has 0 bridgehead atoms. The van der Waals surface area contributed by atoms with Crippen molar-refractivity contribution in [2.75, 3.05) is 39.6 Å². The molecule has 0 spiro atoms. The fourth-order valence-electron chi connectivity index (χ4n) is 11.4. The molecule has 0 radical (unpaired) electrons. The van der Waals surface area contributed by atoms with Crippen LogP contribution in [0.2, 0.25) is 0 Å². The summed E-state index contributed by atoms with van der Waals surface area (Å²) in [5.74, 6) is -2.25. The van der Waals surface area contributed by atoms with Gasteiger partial charge in [0.15, 0.2) is 12.2 Å². The third kappa shape index (κ3) is 76.4. The number of phosphoric acid groups is 2. The summed E-state index contributed by atoms with van der Waals surface area (Å²) in [5.41, 5.74) is 0. The van der Waals surface area contributed by atoms with Crippen molar-refractivity contribution >= 4 is 39.5 Å². The molecular formula is C85H152O17P2. The molecule has 104 heavy (non-hydrogen) atoms. The lowest BCUT2D eigenvalue weighted by atomic mass is 10.0. The second-order valence-corrected chi connectivity index (χ2v) is 31.0. The summed E-state index contributed by atoms with van der Waals surface area (Å²) in [6.45, 7) is 4.80. The van der Waals surface area contributed by atoms with Crippen molar-refractivity contribution in [3.05, 3.63) is 85.1 Å². The van der Waals surface area contributed by atoms with Gasteiger partial charge in [0.2, 0.25) is 0 Å². The Balaban J connectivity index is 5.41. The summed E-state index contributed by atoms with van der Waals surface area (Å²) >= 11 is 0. The topological polar surface area (TPSA) is 237 Å². The number of allylic oxidation sites excluding steroid dienone is 14. The Morgan fingerprint density at radius 1 is 0.269 bits per heavy atom. The third-order valence-electron chi connectivity index (χ3n) is 17.8. The van der Waals surface area contributed by atoms with E-state index in [0.717, 1.165) is 135 Å². The molecule has 0 saturated heterocycles. The lowest BCUT2D eigenvalue weighted by Gasteiger charge is -2.21. The van der Waals surface area contributed by atoms with Crippen molar-refractivity contribution in [1.82, 2.24) is 0 Å². The quantitative estimate of drug-likeness (QED) is 0.0169. The molecular weight excluding hydrogens is 1350 g/mol. The number of ether oxygens (including phenoxy) is 4. The van der Waals surface area contributed by atoms with E-state index in [4.69, 9.17) is 37.0 Å². The zero-order valence-corrected chi connectivity index (χ0v) is 68.0. The van der Waals surface area contributed by atoms with E-state index in [2.05, 4.69) is 94.5 Å². The molecule has 0 aromatic rings. The van der Waals surface area contributed by atoms with Crippen LogP contribution in [0, 0.1) is 0 Å². The highest BCUT2D eigenvalue weighted by atomic mass is 31.2. The zero-order chi connectivity index (χ0) is 76.0. The molecule has 19 heteroatoms. The molecule has 0 aromatic carbocycles. The first kappa shape index (κ1) is 100. The molecule has 5 atom stereocenters. The molecule has 0 saturated carbocycles. The van der Waals surface area contributed by atoms with Gasteiger partial charge in [0, 0.05) is 25.7 Å². The highest BCUT2D eigenvalue weighted by Crippen LogP contribution is 2.45. The Hall–Kier alpha value is -3.76. The van der Waals surface area contributed by atoms with E-state index in [1.165, 1.54) is 154 Å². The van der Waals surface area contributed by atoms with E-state index < -0.39 is 97.5 Å². The largest absolute Gasteiger partial charge is 0.472 e. The Labute approximate surface area is 634 Å². The van der Waals surface area contributed by atoms with Crippen LogP contribution in [0.25, 0.3) is 0 Å². The van der Waals surface area contributed by atoms with Crippen molar-refractivity contribution in [3.8, 4) is 0 Å². The molecule has 0 heterocycles. The predicted octanol–water partition coefficient (Wildman–Crippen LogP) is 24.6. The van der Waals surface area contributed by atoms with Crippen LogP contribution in [0.5, 0.6) is 0 Å². The fraction of sp³-hybridized carbons (Fsp3) is 0.788. The number of carbonyl (C=O) groups excluding carboxylic acids is 4. The van der Waals surface area contributed by atoms with Gasteiger partial charge in [0.05, 0.1) is 26.4 Å². The van der Waals surface area contributed by atoms with Crippen LogP contribution in [0.4, 0.5) is 0 Å². The number of hydrogen-bond acceptors (Lipinski definition) is 15. The average molecular weight is 1510 g/mol. The van der Waals surface area contributed by atoms with Gasteiger partial charge in [-0.3, -0.25) is 37.3 Å². The molecule has 0 aromatic heterocycles. The van der Waals surface area contributed by atoms with Crippen molar-refractivity contribution < 1.29 is 80.2 Å². The zero-order valence-electron chi connectivity index (χ0n) is 66.2. The maximum atomic E-state index is 13.1. The standard InChI is InChI=1S/C85H152O17P2/c1-5-9-13-17-21-25-29-33-37-38-39-40-44-48-52-56-60-64-68-72-85(90)102-81(76-96-83(88)70-66-62-58-54-50-46-42-35-31-27-23-19-15-11-7-3)78-100-104(93,94)98-74-79(86)73-97-103(91,92)99-77-80(101-84(89)71-67-63-59-55-51-47-43-36-32-28-24-20-16-12-8-4)75-95-82(87)69-65-61-57-53-49-45-41-34-30-26-22-18-14-10-6-2/h21,25,27-28,31-33,37,39-40,48,52,60,64,79-81,86H,5-20,22-24,26,29-30,34-36,38,41-47,49-51,53-59,61-63,65-78H2,1-4H3,(H,91,92)(H,93,94)/b25-21-,31-27-,32-28-,37-33-,40-39-,52-48-,64-60-/t79-,80+,81+/m0/s1. The minimum Gasteiger partial charge on any atom is -0.462 e. The first-order valence-corrected chi connectivity index (χ1v) is 44.8. The minimum atomic E-state index is -5.00. The average Bonchev–Trinajstić information content (AvgIpc) is 0.943. The normalized spacial score (nSPS) is 14.3. The lowest BCUT2D eigenvalue weighted by Crippen LogP contribution is -2.30. The first-order chi connectivity index (χ1) is 50.7. The molecule has 0 aliphatic carbocycles. The molecule has 0 aliphatic heterocycles. The van der Waals surface area contributed by atoms with Gasteiger partial charge in [-0.15, -0.1) is 0 Å². The number of phosphoric ester groups is 2. The van der Waals surface area contributed by atoms with Gasteiger partial charge in [0.25, 0.3) is 0 Å². The summed E-state index contributed by atoms with van der Waals surface area (Å²) in [4.78, 5) is 73.1. The smallest absolute Gasteiger partial charge is 0.462 e. The maximum Gasteiger partial charge on any atom is 0.472 e. The molecule has 2 unspecified atom stereocenters. The number of unbranched alkanes of at least 4 members (excludes halogenated alkanes) is 39. The molecule has 3 N–H and O–H groups in total. The van der Waals surface area contributed by atoms with E-state index in [9.17, 15) is 43.2 Å². The van der Waals surface area contributed by atoms with Crippen LogP contribution in [-0.4, -0.2) is 96.7 Å². The summed E-state index contributed by atoms with van der Waals surface area (Å²) in [7, 11) is -9.98. The van der Waals surface area contributed by atoms with Gasteiger partial charge in [-0.25, -0.2) is 9.13 Å². The van der Waals surface area contributed by atoms with Crippen LogP contribution in [0.15, 0.2) is 85.1 Å². The third-order valence-corrected chi connectivity index (χ3v) is 19.7. The van der Waals surface area contributed by atoms with E-state index in [1.807, 2.05) is 18.2 Å². The van der Waals surface area contributed by atoms with E-state index in [1.54, 1.807) is 0 Å². The number of hydrogen-bond donors (Lipinski definition) is 3. The van der Waals surface area contributed by atoms with Gasteiger partial charge < -0.3 is 33.8 Å². The SMILES string of the molecule is CCCCC/C=C\C/C=C\C/C=C\C/C=C\C/C=C\CCC(=O)O[C@H](COC(=O)CCCCCCCCC/C=C\CCCCCC)COP(=O)(O)OC[C@@H](O)COP(=O)(O)OC[C@@H](COC(=O)CCCCCCCCCCCCCCCCC)OC(=O)CCCCCCCCC/C=C\CCCCCC. The Kier molecular flexibility index (Phi) is 74.6. The second-order valence-electron chi connectivity index (χ2n) is 28.1.